The van der Waals surface area contributed by atoms with Crippen molar-refractivity contribution in [1.82, 2.24) is 25.3 Å². The standard InChI is InChI=1S/C30H49ClN6O2/c1-3-35(4-2)30(39)37(26-13-17-33-18-14-26)27-15-19-36(20-16-27)29(38)28(21-22-5-7-23(31)8-6-22)34-25-11-9-24(32)10-12-25/h5-8,24-28,33-34H,3-4,9-21,32H2,1-2H3/t24?,25?,28-/m0/s1. The van der Waals surface area contributed by atoms with Crippen LogP contribution in [-0.2, 0) is 11.2 Å². The fraction of sp³-hybridized carbons (Fsp3) is 0.733. The largest absolute Gasteiger partial charge is 0.341 e. The van der Waals surface area contributed by atoms with Gasteiger partial charge in [0, 0.05) is 55.4 Å². The molecular weight excluding hydrogens is 512 g/mol. The summed E-state index contributed by atoms with van der Waals surface area (Å²) in [6, 6.07) is 8.73. The fourth-order valence-electron chi connectivity index (χ4n) is 6.58. The Morgan fingerprint density at radius 2 is 1.56 bits per heavy atom. The molecule has 1 aromatic carbocycles. The molecule has 218 valence electrons. The van der Waals surface area contributed by atoms with Gasteiger partial charge in [0.25, 0.3) is 0 Å². The summed E-state index contributed by atoms with van der Waals surface area (Å²) in [6.07, 6.45) is 8.28. The van der Waals surface area contributed by atoms with Crippen LogP contribution in [0.4, 0.5) is 4.79 Å². The van der Waals surface area contributed by atoms with Crippen LogP contribution in [0, 0.1) is 0 Å². The van der Waals surface area contributed by atoms with E-state index in [1.807, 2.05) is 34.1 Å². The molecule has 2 aliphatic heterocycles. The van der Waals surface area contributed by atoms with Gasteiger partial charge in [-0.05, 0) is 102 Å². The summed E-state index contributed by atoms with van der Waals surface area (Å²) in [7, 11) is 0. The predicted molar refractivity (Wildman–Crippen MR) is 158 cm³/mol. The van der Waals surface area contributed by atoms with Crippen molar-refractivity contribution in [2.45, 2.75) is 102 Å². The molecule has 2 saturated heterocycles. The van der Waals surface area contributed by atoms with Crippen LogP contribution in [0.25, 0.3) is 0 Å². The Kier molecular flexibility index (Phi) is 11.3. The van der Waals surface area contributed by atoms with Crippen molar-refractivity contribution in [3.05, 3.63) is 34.9 Å². The highest BCUT2D eigenvalue weighted by atomic mass is 35.5. The number of hydrogen-bond donors (Lipinski definition) is 3. The number of hydrogen-bond acceptors (Lipinski definition) is 5. The highest BCUT2D eigenvalue weighted by Crippen LogP contribution is 2.26. The van der Waals surface area contributed by atoms with Gasteiger partial charge in [-0.2, -0.15) is 0 Å². The molecule has 0 aromatic heterocycles. The summed E-state index contributed by atoms with van der Waals surface area (Å²) in [5, 5.41) is 7.85. The smallest absolute Gasteiger partial charge is 0.320 e. The van der Waals surface area contributed by atoms with E-state index in [-0.39, 0.29) is 36.1 Å². The normalized spacial score (nSPS) is 23.8. The number of nitrogens with zero attached hydrogens (tertiary/aromatic N) is 3. The van der Waals surface area contributed by atoms with Crippen LogP contribution in [0.1, 0.15) is 70.8 Å². The average Bonchev–Trinajstić information content (AvgIpc) is 2.96. The fourth-order valence-corrected chi connectivity index (χ4v) is 6.71. The van der Waals surface area contributed by atoms with E-state index < -0.39 is 0 Å². The van der Waals surface area contributed by atoms with Gasteiger partial charge in [0.15, 0.2) is 0 Å². The maximum atomic E-state index is 13.9. The van der Waals surface area contributed by atoms with E-state index in [0.29, 0.717) is 30.6 Å². The molecule has 4 N–H and O–H groups in total. The summed E-state index contributed by atoms with van der Waals surface area (Å²) in [5.41, 5.74) is 7.25. The molecule has 0 spiro atoms. The second-order valence-corrected chi connectivity index (χ2v) is 12.0. The van der Waals surface area contributed by atoms with E-state index in [1.54, 1.807) is 0 Å². The van der Waals surface area contributed by atoms with Gasteiger partial charge in [0.2, 0.25) is 5.91 Å². The van der Waals surface area contributed by atoms with Crippen LogP contribution in [-0.4, -0.2) is 96.1 Å². The topological polar surface area (TPSA) is 93.9 Å². The van der Waals surface area contributed by atoms with Crippen molar-refractivity contribution < 1.29 is 9.59 Å². The molecule has 3 amide bonds. The number of nitrogens with one attached hydrogen (secondary N) is 2. The minimum absolute atomic E-state index is 0.162. The molecule has 39 heavy (non-hydrogen) atoms. The minimum atomic E-state index is -0.278. The van der Waals surface area contributed by atoms with E-state index in [2.05, 4.69) is 29.4 Å². The van der Waals surface area contributed by atoms with Crippen LogP contribution < -0.4 is 16.4 Å². The Balaban J connectivity index is 1.43. The number of amides is 3. The lowest BCUT2D eigenvalue weighted by Gasteiger charge is -2.45. The first kappa shape index (κ1) is 30.1. The monoisotopic (exact) mass is 560 g/mol. The lowest BCUT2D eigenvalue weighted by Crippen LogP contribution is -2.59. The SMILES string of the molecule is CCN(CC)C(=O)N(C1CCNCC1)C1CCN(C(=O)[C@H](Cc2ccc(Cl)cc2)NC2CCC(N)CC2)CC1. The molecule has 2 heterocycles. The number of benzene rings is 1. The summed E-state index contributed by atoms with van der Waals surface area (Å²) < 4.78 is 0. The highest BCUT2D eigenvalue weighted by molar-refractivity contribution is 6.30. The Bertz CT molecular complexity index is 905. The van der Waals surface area contributed by atoms with Gasteiger partial charge in [0.05, 0.1) is 6.04 Å². The molecule has 1 saturated carbocycles. The second-order valence-electron chi connectivity index (χ2n) is 11.6. The number of urea groups is 1. The average molecular weight is 561 g/mol. The molecule has 1 aromatic rings. The Morgan fingerprint density at radius 1 is 0.974 bits per heavy atom. The molecule has 4 rings (SSSR count). The van der Waals surface area contributed by atoms with Crippen molar-refractivity contribution in [2.75, 3.05) is 39.3 Å². The Labute approximate surface area is 240 Å². The summed E-state index contributed by atoms with van der Waals surface area (Å²) >= 11 is 6.12. The van der Waals surface area contributed by atoms with Crippen molar-refractivity contribution in [2.24, 2.45) is 5.73 Å². The van der Waals surface area contributed by atoms with Crippen LogP contribution >= 0.6 is 11.6 Å². The van der Waals surface area contributed by atoms with Crippen LogP contribution in [0.5, 0.6) is 0 Å². The van der Waals surface area contributed by atoms with E-state index in [9.17, 15) is 9.59 Å². The molecule has 9 heteroatoms. The highest BCUT2D eigenvalue weighted by Gasteiger charge is 2.37. The molecule has 1 atom stereocenters. The molecular formula is C30H49ClN6O2. The van der Waals surface area contributed by atoms with Crippen molar-refractivity contribution in [1.29, 1.82) is 0 Å². The molecule has 0 unspecified atom stereocenters. The third kappa shape index (κ3) is 8.09. The third-order valence-corrected chi connectivity index (χ3v) is 9.24. The molecule has 1 aliphatic carbocycles. The number of carbonyl (C=O) groups is 2. The third-order valence-electron chi connectivity index (χ3n) is 8.99. The first-order valence-electron chi connectivity index (χ1n) is 15.2. The van der Waals surface area contributed by atoms with Crippen molar-refractivity contribution in [3.8, 4) is 0 Å². The number of nitrogens with two attached hydrogens (primary N) is 1. The van der Waals surface area contributed by atoms with E-state index in [1.165, 1.54) is 0 Å². The number of likely N-dealkylation sites (tertiary alicyclic amines) is 1. The van der Waals surface area contributed by atoms with Gasteiger partial charge in [-0.15, -0.1) is 0 Å². The van der Waals surface area contributed by atoms with Gasteiger partial charge in [0.1, 0.15) is 0 Å². The number of halogens is 1. The second kappa shape index (κ2) is 14.7. The van der Waals surface area contributed by atoms with E-state index in [0.717, 1.165) is 83.1 Å². The maximum absolute atomic E-state index is 13.9. The number of piperidine rings is 2. The van der Waals surface area contributed by atoms with Gasteiger partial charge < -0.3 is 31.1 Å². The van der Waals surface area contributed by atoms with Crippen molar-refractivity contribution in [3.63, 3.8) is 0 Å². The first-order valence-corrected chi connectivity index (χ1v) is 15.6. The zero-order valence-corrected chi connectivity index (χ0v) is 24.7. The zero-order valence-electron chi connectivity index (χ0n) is 23.9. The molecule has 0 bridgehead atoms. The summed E-state index contributed by atoms with van der Waals surface area (Å²) in [4.78, 5) is 33.7. The zero-order chi connectivity index (χ0) is 27.8. The number of rotatable bonds is 9. The summed E-state index contributed by atoms with van der Waals surface area (Å²) in [6.45, 7) is 8.82. The quantitative estimate of drug-likeness (QED) is 0.429. The molecule has 3 aliphatic rings. The summed E-state index contributed by atoms with van der Waals surface area (Å²) in [5.74, 6) is 0.168. The maximum Gasteiger partial charge on any atom is 0.320 e. The Morgan fingerprint density at radius 3 is 2.15 bits per heavy atom. The van der Waals surface area contributed by atoms with Gasteiger partial charge in [-0.3, -0.25) is 4.79 Å². The molecule has 0 radical (unpaired) electrons. The lowest BCUT2D eigenvalue weighted by atomic mass is 9.90. The van der Waals surface area contributed by atoms with E-state index in [4.69, 9.17) is 17.3 Å². The lowest BCUT2D eigenvalue weighted by molar-refractivity contribution is -0.135. The first-order chi connectivity index (χ1) is 18.9. The predicted octanol–water partition coefficient (Wildman–Crippen LogP) is 3.62. The van der Waals surface area contributed by atoms with Crippen molar-refractivity contribution >= 4 is 23.5 Å². The van der Waals surface area contributed by atoms with Crippen LogP contribution in [0.15, 0.2) is 24.3 Å². The van der Waals surface area contributed by atoms with Crippen LogP contribution in [0.3, 0.4) is 0 Å². The van der Waals surface area contributed by atoms with E-state index >= 15 is 0 Å². The van der Waals surface area contributed by atoms with Crippen LogP contribution in [0.2, 0.25) is 5.02 Å². The molecule has 3 fully saturated rings. The molecule has 8 nitrogen and oxygen atoms in total. The Hall–Kier alpha value is -1.87. The van der Waals surface area contributed by atoms with Gasteiger partial charge >= 0.3 is 6.03 Å². The van der Waals surface area contributed by atoms with Gasteiger partial charge in [-0.25, -0.2) is 4.79 Å². The number of carbonyl (C=O) groups excluding carboxylic acids is 2. The minimum Gasteiger partial charge on any atom is -0.341 e. The van der Waals surface area contributed by atoms with Gasteiger partial charge in [-0.1, -0.05) is 23.7 Å².